The Kier molecular flexibility index (Phi) is 6.79. The summed E-state index contributed by atoms with van der Waals surface area (Å²) in [6, 6.07) is 21.0. The Labute approximate surface area is 175 Å². The van der Waals surface area contributed by atoms with Gasteiger partial charge in [0, 0.05) is 27.7 Å². The third kappa shape index (κ3) is 5.50. The van der Waals surface area contributed by atoms with Gasteiger partial charge in [0.2, 0.25) is 10.0 Å². The van der Waals surface area contributed by atoms with Gasteiger partial charge in [0.25, 0.3) is 5.91 Å². The van der Waals surface area contributed by atoms with E-state index in [2.05, 4.69) is 10.3 Å². The predicted octanol–water partition coefficient (Wildman–Crippen LogP) is 3.45. The average Bonchev–Trinajstić information content (AvgIpc) is 3.02. The first kappa shape index (κ1) is 21.2. The molecular weight excluding hydrogens is 406 g/mol. The Morgan fingerprint density at radius 2 is 1.62 bits per heavy atom. The molecule has 0 aliphatic carbocycles. The molecule has 2 aromatic carbocycles. The molecule has 0 fully saturated rings. The first-order valence-electron chi connectivity index (χ1n) is 9.09. The number of thioether (sulfide) groups is 1. The fourth-order valence-corrected chi connectivity index (χ4v) is 5.14. The van der Waals surface area contributed by atoms with E-state index in [-0.39, 0.29) is 5.75 Å². The molecule has 1 aromatic heterocycles. The number of amides is 1. The predicted molar refractivity (Wildman–Crippen MR) is 117 cm³/mol. The molecule has 0 aliphatic heterocycles. The van der Waals surface area contributed by atoms with E-state index in [1.165, 1.54) is 11.8 Å². The molecule has 1 heterocycles. The van der Waals surface area contributed by atoms with Crippen LogP contribution >= 0.6 is 11.8 Å². The van der Waals surface area contributed by atoms with Crippen LogP contribution in [0.4, 0.5) is 0 Å². The molecule has 0 spiro atoms. The zero-order valence-electron chi connectivity index (χ0n) is 16.3. The molecule has 0 unspecified atom stereocenters. The van der Waals surface area contributed by atoms with Gasteiger partial charge < -0.3 is 4.57 Å². The molecule has 152 valence electrons. The Bertz CT molecular complexity index is 1080. The number of hydrogen-bond donors (Lipinski definition) is 2. The highest BCUT2D eigenvalue weighted by molar-refractivity contribution is 8.00. The van der Waals surface area contributed by atoms with Gasteiger partial charge in [0.05, 0.1) is 11.3 Å². The van der Waals surface area contributed by atoms with E-state index in [4.69, 9.17) is 0 Å². The van der Waals surface area contributed by atoms with Gasteiger partial charge in [-0.2, -0.15) is 0 Å². The molecule has 1 amide bonds. The van der Waals surface area contributed by atoms with Crippen molar-refractivity contribution in [3.8, 4) is 5.69 Å². The minimum atomic E-state index is -3.63. The minimum Gasteiger partial charge on any atom is -0.318 e. The highest BCUT2D eigenvalue weighted by atomic mass is 32.2. The topological polar surface area (TPSA) is 80.2 Å². The molecule has 6 nitrogen and oxygen atoms in total. The number of rotatable bonds is 8. The van der Waals surface area contributed by atoms with Crippen molar-refractivity contribution >= 4 is 27.7 Å². The summed E-state index contributed by atoms with van der Waals surface area (Å²) in [5, 5.41) is 0. The fourth-order valence-electron chi connectivity index (χ4n) is 3.00. The van der Waals surface area contributed by atoms with E-state index < -0.39 is 15.9 Å². The quantitative estimate of drug-likeness (QED) is 0.425. The van der Waals surface area contributed by atoms with Gasteiger partial charge in [0.1, 0.15) is 0 Å². The van der Waals surface area contributed by atoms with Gasteiger partial charge in [-0.15, -0.1) is 16.6 Å². The lowest BCUT2D eigenvalue weighted by atomic mass is 10.2. The molecule has 0 aliphatic rings. The number of hydrazine groups is 1. The van der Waals surface area contributed by atoms with Crippen molar-refractivity contribution in [2.45, 2.75) is 18.7 Å². The number of aryl methyl sites for hydroxylation is 1. The van der Waals surface area contributed by atoms with E-state index in [1.54, 1.807) is 6.07 Å². The maximum atomic E-state index is 12.5. The van der Waals surface area contributed by atoms with E-state index in [1.807, 2.05) is 79.1 Å². The first-order chi connectivity index (χ1) is 13.9. The number of carbonyl (C=O) groups is 1. The number of aromatic nitrogens is 1. The molecule has 8 heteroatoms. The summed E-state index contributed by atoms with van der Waals surface area (Å²) in [4.78, 5) is 15.7. The lowest BCUT2D eigenvalue weighted by Crippen LogP contribution is -2.43. The van der Waals surface area contributed by atoms with Crippen LogP contribution < -0.4 is 10.3 Å². The van der Waals surface area contributed by atoms with Crippen molar-refractivity contribution in [2.24, 2.45) is 0 Å². The van der Waals surface area contributed by atoms with Crippen molar-refractivity contribution in [3.05, 3.63) is 83.7 Å². The Balaban J connectivity index is 1.60. The molecular formula is C21H23N3O3S2. The Morgan fingerprint density at radius 3 is 2.28 bits per heavy atom. The molecule has 0 atom stereocenters. The highest BCUT2D eigenvalue weighted by Gasteiger charge is 2.18. The molecule has 29 heavy (non-hydrogen) atoms. The van der Waals surface area contributed by atoms with Crippen molar-refractivity contribution in [1.29, 1.82) is 0 Å². The lowest BCUT2D eigenvalue weighted by Gasteiger charge is -2.10. The molecule has 0 saturated carbocycles. The second-order valence-corrected chi connectivity index (χ2v) is 9.50. The van der Waals surface area contributed by atoms with Crippen LogP contribution in [-0.2, 0) is 10.0 Å². The zero-order valence-corrected chi connectivity index (χ0v) is 17.9. The standard InChI is InChI=1S/C21H23N3O3S2/c1-16-15-20(17(2)24(16)18-9-5-3-6-10-18)21(25)22-23-29(26,27)14-13-28-19-11-7-4-8-12-19/h3-12,15,23H,13-14H2,1-2H3,(H,22,25). The van der Waals surface area contributed by atoms with Gasteiger partial charge in [-0.3, -0.25) is 10.2 Å². The van der Waals surface area contributed by atoms with Gasteiger partial charge in [0.15, 0.2) is 0 Å². The zero-order chi connectivity index (χ0) is 20.9. The summed E-state index contributed by atoms with van der Waals surface area (Å²) >= 11 is 1.45. The van der Waals surface area contributed by atoms with E-state index in [9.17, 15) is 13.2 Å². The van der Waals surface area contributed by atoms with Gasteiger partial charge in [-0.1, -0.05) is 36.4 Å². The molecule has 3 aromatic rings. The Hall–Kier alpha value is -2.55. The van der Waals surface area contributed by atoms with E-state index in [0.717, 1.165) is 22.0 Å². The number of hydrogen-bond acceptors (Lipinski definition) is 4. The second kappa shape index (κ2) is 9.30. The van der Waals surface area contributed by atoms with Gasteiger partial charge in [-0.25, -0.2) is 8.42 Å². The third-order valence-electron chi connectivity index (χ3n) is 4.37. The van der Waals surface area contributed by atoms with Crippen LogP contribution in [0.1, 0.15) is 21.7 Å². The highest BCUT2D eigenvalue weighted by Crippen LogP contribution is 2.20. The number of nitrogens with one attached hydrogen (secondary N) is 2. The maximum absolute atomic E-state index is 12.5. The third-order valence-corrected chi connectivity index (χ3v) is 6.80. The molecule has 0 saturated heterocycles. The average molecular weight is 430 g/mol. The number of sulfonamides is 1. The summed E-state index contributed by atoms with van der Waals surface area (Å²) in [6.45, 7) is 3.74. The molecule has 0 radical (unpaired) electrons. The van der Waals surface area contributed by atoms with Gasteiger partial charge in [-0.05, 0) is 44.2 Å². The van der Waals surface area contributed by atoms with Crippen LogP contribution in [0.5, 0.6) is 0 Å². The van der Waals surface area contributed by atoms with Gasteiger partial charge >= 0.3 is 0 Å². The SMILES string of the molecule is Cc1cc(C(=O)NNS(=O)(=O)CCSc2ccccc2)c(C)n1-c1ccccc1. The molecule has 3 rings (SSSR count). The van der Waals surface area contributed by atoms with Crippen LogP contribution in [0.2, 0.25) is 0 Å². The summed E-state index contributed by atoms with van der Waals surface area (Å²) in [7, 11) is -3.63. The summed E-state index contributed by atoms with van der Waals surface area (Å²) < 4.78 is 26.3. The number of carbonyl (C=O) groups excluding carboxylic acids is 1. The molecule has 2 N–H and O–H groups in total. The lowest BCUT2D eigenvalue weighted by molar-refractivity contribution is 0.0944. The fraction of sp³-hybridized carbons (Fsp3) is 0.190. The van der Waals surface area contributed by atoms with Crippen LogP contribution in [0.25, 0.3) is 5.69 Å². The monoisotopic (exact) mass is 429 g/mol. The Morgan fingerprint density at radius 1 is 1.00 bits per heavy atom. The van der Waals surface area contributed by atoms with Crippen molar-refractivity contribution in [2.75, 3.05) is 11.5 Å². The van der Waals surface area contributed by atoms with Crippen LogP contribution in [0.3, 0.4) is 0 Å². The smallest absolute Gasteiger partial charge is 0.268 e. The van der Waals surface area contributed by atoms with Crippen LogP contribution in [0.15, 0.2) is 71.6 Å². The van der Waals surface area contributed by atoms with E-state index >= 15 is 0 Å². The maximum Gasteiger partial charge on any atom is 0.268 e. The number of nitrogens with zero attached hydrogens (tertiary/aromatic N) is 1. The summed E-state index contributed by atoms with van der Waals surface area (Å²) in [6.07, 6.45) is 0. The first-order valence-corrected chi connectivity index (χ1v) is 11.7. The largest absolute Gasteiger partial charge is 0.318 e. The normalized spacial score (nSPS) is 11.4. The number of benzene rings is 2. The summed E-state index contributed by atoms with van der Waals surface area (Å²) in [5.41, 5.74) is 5.32. The number of para-hydroxylation sites is 1. The molecule has 0 bridgehead atoms. The van der Waals surface area contributed by atoms with Crippen molar-refractivity contribution in [3.63, 3.8) is 0 Å². The van der Waals surface area contributed by atoms with Crippen molar-refractivity contribution < 1.29 is 13.2 Å². The second-order valence-electron chi connectivity index (χ2n) is 6.49. The van der Waals surface area contributed by atoms with Crippen LogP contribution in [-0.4, -0.2) is 30.4 Å². The van der Waals surface area contributed by atoms with Crippen molar-refractivity contribution in [1.82, 2.24) is 14.8 Å². The van der Waals surface area contributed by atoms with E-state index in [0.29, 0.717) is 11.3 Å². The van der Waals surface area contributed by atoms with Crippen LogP contribution in [0, 0.1) is 13.8 Å². The minimum absolute atomic E-state index is 0.101. The summed E-state index contributed by atoms with van der Waals surface area (Å²) in [5.74, 6) is -0.201.